The van der Waals surface area contributed by atoms with Crippen LogP contribution < -0.4 is 4.90 Å². The van der Waals surface area contributed by atoms with Gasteiger partial charge in [0.15, 0.2) is 0 Å². The van der Waals surface area contributed by atoms with Crippen molar-refractivity contribution in [1.82, 2.24) is 14.3 Å². The van der Waals surface area contributed by atoms with Gasteiger partial charge in [0.1, 0.15) is 18.0 Å². The Balaban J connectivity index is 1.75. The van der Waals surface area contributed by atoms with E-state index in [0.717, 1.165) is 0 Å². The van der Waals surface area contributed by atoms with Gasteiger partial charge in [0.05, 0.1) is 11.8 Å². The van der Waals surface area contributed by atoms with Gasteiger partial charge in [-0.15, -0.1) is 0 Å². The van der Waals surface area contributed by atoms with Crippen LogP contribution in [0.5, 0.6) is 0 Å². The van der Waals surface area contributed by atoms with E-state index < -0.39 is 10.0 Å². The van der Waals surface area contributed by atoms with Crippen LogP contribution in [0.15, 0.2) is 24.5 Å². The second-order valence-electron chi connectivity index (χ2n) is 5.67. The van der Waals surface area contributed by atoms with Crippen LogP contribution in [0.3, 0.4) is 0 Å². The molecule has 3 rings (SSSR count). The minimum Gasteiger partial charge on any atom is -0.355 e. The van der Waals surface area contributed by atoms with Gasteiger partial charge in [0.25, 0.3) is 0 Å². The Morgan fingerprint density at radius 1 is 1.36 bits per heavy atom. The number of sulfonamides is 1. The van der Waals surface area contributed by atoms with E-state index in [2.05, 4.69) is 9.97 Å². The van der Waals surface area contributed by atoms with Crippen molar-refractivity contribution in [2.75, 3.05) is 37.8 Å². The summed E-state index contributed by atoms with van der Waals surface area (Å²) in [7, 11) is -1.58. The lowest BCUT2D eigenvalue weighted by Gasteiger charge is -2.41. The Hall–Kier alpha value is -1.80. The molecule has 0 spiro atoms. The fraction of sp³-hybridized carbons (Fsp3) is 0.429. The van der Waals surface area contributed by atoms with Crippen LogP contribution >= 0.6 is 0 Å². The van der Waals surface area contributed by atoms with E-state index in [1.165, 1.54) is 29.0 Å². The number of nitrogens with zero attached hydrogens (tertiary/aromatic N) is 4. The highest BCUT2D eigenvalue weighted by molar-refractivity contribution is 7.88. The van der Waals surface area contributed by atoms with Crippen LogP contribution in [-0.4, -0.2) is 55.6 Å². The molecule has 1 aliphatic heterocycles. The largest absolute Gasteiger partial charge is 0.355 e. The smallest absolute Gasteiger partial charge is 0.210 e. The maximum atomic E-state index is 13.4. The van der Waals surface area contributed by atoms with Gasteiger partial charge in [-0.3, -0.25) is 0 Å². The van der Waals surface area contributed by atoms with Crippen molar-refractivity contribution in [1.29, 1.82) is 0 Å². The summed E-state index contributed by atoms with van der Waals surface area (Å²) in [6.45, 7) is 1.87. The minimum atomic E-state index is -3.16. The second kappa shape index (κ2) is 5.44. The van der Waals surface area contributed by atoms with E-state index in [9.17, 15) is 12.8 Å². The highest BCUT2D eigenvalue weighted by Gasteiger charge is 2.31. The van der Waals surface area contributed by atoms with Gasteiger partial charge >= 0.3 is 0 Å². The zero-order valence-corrected chi connectivity index (χ0v) is 13.2. The summed E-state index contributed by atoms with van der Waals surface area (Å²) in [5, 5.41) is 0.678. The average molecular weight is 324 g/mol. The lowest BCUT2D eigenvalue weighted by atomic mass is 9.99. The van der Waals surface area contributed by atoms with Crippen molar-refractivity contribution in [2.24, 2.45) is 5.92 Å². The first-order valence-electron chi connectivity index (χ1n) is 6.91. The number of hydrogen-bond donors (Lipinski definition) is 0. The summed E-state index contributed by atoms with van der Waals surface area (Å²) >= 11 is 0. The van der Waals surface area contributed by atoms with Gasteiger partial charge in [0.2, 0.25) is 10.0 Å². The average Bonchev–Trinajstić information content (AvgIpc) is 2.40. The van der Waals surface area contributed by atoms with E-state index in [1.54, 1.807) is 13.1 Å². The molecule has 118 valence electrons. The molecule has 22 heavy (non-hydrogen) atoms. The molecule has 0 amide bonds. The molecule has 1 fully saturated rings. The number of halogens is 1. The van der Waals surface area contributed by atoms with E-state index >= 15 is 0 Å². The molecule has 0 N–H and O–H groups in total. The quantitative estimate of drug-likeness (QED) is 0.842. The first kappa shape index (κ1) is 15.1. The SMILES string of the molecule is CN(CC1CN(c2ncnc3ccc(F)cc23)C1)S(C)(=O)=O. The summed E-state index contributed by atoms with van der Waals surface area (Å²) in [5.41, 5.74) is 0.697. The van der Waals surface area contributed by atoms with E-state index in [0.29, 0.717) is 36.4 Å². The summed E-state index contributed by atoms with van der Waals surface area (Å²) in [5.74, 6) is 0.624. The fourth-order valence-electron chi connectivity index (χ4n) is 2.62. The number of fused-ring (bicyclic) bond motifs is 1. The van der Waals surface area contributed by atoms with Crippen molar-refractivity contribution < 1.29 is 12.8 Å². The molecule has 0 atom stereocenters. The first-order valence-corrected chi connectivity index (χ1v) is 8.76. The van der Waals surface area contributed by atoms with E-state index in [1.807, 2.05) is 4.90 Å². The number of rotatable bonds is 4. The zero-order chi connectivity index (χ0) is 15.9. The molecule has 0 saturated carbocycles. The van der Waals surface area contributed by atoms with Crippen molar-refractivity contribution in [2.45, 2.75) is 0 Å². The van der Waals surface area contributed by atoms with E-state index in [4.69, 9.17) is 0 Å². The summed E-state index contributed by atoms with van der Waals surface area (Å²) in [6.07, 6.45) is 2.66. The molecule has 1 saturated heterocycles. The molecule has 0 unspecified atom stereocenters. The predicted octanol–water partition coefficient (Wildman–Crippen LogP) is 1.10. The Bertz CT molecular complexity index is 806. The molecule has 2 aromatic rings. The highest BCUT2D eigenvalue weighted by Crippen LogP contribution is 2.29. The van der Waals surface area contributed by atoms with Gasteiger partial charge in [-0.05, 0) is 18.2 Å². The zero-order valence-electron chi connectivity index (χ0n) is 12.4. The molecule has 1 aromatic carbocycles. The highest BCUT2D eigenvalue weighted by atomic mass is 32.2. The molecule has 6 nitrogen and oxygen atoms in total. The summed E-state index contributed by atoms with van der Waals surface area (Å²) in [6, 6.07) is 4.43. The summed E-state index contributed by atoms with van der Waals surface area (Å²) < 4.78 is 37.6. The van der Waals surface area contributed by atoms with E-state index in [-0.39, 0.29) is 11.7 Å². The van der Waals surface area contributed by atoms with Gasteiger partial charge in [-0.2, -0.15) is 0 Å². The monoisotopic (exact) mass is 324 g/mol. The van der Waals surface area contributed by atoms with Crippen LogP contribution in [-0.2, 0) is 10.0 Å². The topological polar surface area (TPSA) is 66.4 Å². The number of anilines is 1. The fourth-order valence-corrected chi connectivity index (χ4v) is 3.11. The molecular formula is C14H17FN4O2S. The standard InChI is InChI=1S/C14H17FN4O2S/c1-18(22(2,20)21)6-10-7-19(8-10)14-12-5-11(15)3-4-13(12)16-9-17-14/h3-5,9-10H,6-8H2,1-2H3. The molecule has 0 radical (unpaired) electrons. The Labute approximate surface area is 128 Å². The third-order valence-corrected chi connectivity index (χ3v) is 5.20. The van der Waals surface area contributed by atoms with Crippen LogP contribution in [0, 0.1) is 11.7 Å². The maximum Gasteiger partial charge on any atom is 0.210 e. The van der Waals surface area contributed by atoms with Crippen LogP contribution in [0.25, 0.3) is 10.9 Å². The third kappa shape index (κ3) is 2.89. The Kier molecular flexibility index (Phi) is 3.73. The van der Waals surface area contributed by atoms with Gasteiger partial charge in [0, 0.05) is 38.0 Å². The van der Waals surface area contributed by atoms with Crippen LogP contribution in [0.2, 0.25) is 0 Å². The Morgan fingerprint density at radius 3 is 2.77 bits per heavy atom. The molecule has 0 bridgehead atoms. The van der Waals surface area contributed by atoms with Gasteiger partial charge in [-0.25, -0.2) is 27.1 Å². The van der Waals surface area contributed by atoms with Crippen LogP contribution in [0.1, 0.15) is 0 Å². The van der Waals surface area contributed by atoms with Gasteiger partial charge < -0.3 is 4.90 Å². The first-order chi connectivity index (χ1) is 10.3. The second-order valence-corrected chi connectivity index (χ2v) is 7.76. The van der Waals surface area contributed by atoms with Crippen molar-refractivity contribution in [3.63, 3.8) is 0 Å². The number of benzene rings is 1. The lowest BCUT2D eigenvalue weighted by Crippen LogP contribution is -2.52. The van der Waals surface area contributed by atoms with Crippen LogP contribution in [0.4, 0.5) is 10.2 Å². The minimum absolute atomic E-state index is 0.248. The maximum absolute atomic E-state index is 13.4. The van der Waals surface area contributed by atoms with Crippen molar-refractivity contribution in [3.8, 4) is 0 Å². The molecule has 0 aliphatic carbocycles. The van der Waals surface area contributed by atoms with Crippen molar-refractivity contribution in [3.05, 3.63) is 30.3 Å². The normalized spacial score (nSPS) is 16.3. The predicted molar refractivity (Wildman–Crippen MR) is 82.7 cm³/mol. The third-order valence-electron chi connectivity index (χ3n) is 3.91. The lowest BCUT2D eigenvalue weighted by molar-refractivity contribution is 0.327. The Morgan fingerprint density at radius 2 is 2.09 bits per heavy atom. The molecule has 2 heterocycles. The van der Waals surface area contributed by atoms with Crippen molar-refractivity contribution >= 4 is 26.7 Å². The summed E-state index contributed by atoms with van der Waals surface area (Å²) in [4.78, 5) is 10.4. The molecular weight excluding hydrogens is 307 g/mol. The number of aromatic nitrogens is 2. The molecule has 1 aromatic heterocycles. The molecule has 8 heteroatoms. The molecule has 1 aliphatic rings. The van der Waals surface area contributed by atoms with Gasteiger partial charge in [-0.1, -0.05) is 0 Å². The number of hydrogen-bond acceptors (Lipinski definition) is 5.